The number of nitro groups is 2. The van der Waals surface area contributed by atoms with Crippen LogP contribution in [-0.2, 0) is 9.47 Å². The summed E-state index contributed by atoms with van der Waals surface area (Å²) in [6, 6.07) is 12.9. The lowest BCUT2D eigenvalue weighted by Crippen LogP contribution is -2.07. The third-order valence-corrected chi connectivity index (χ3v) is 7.11. The van der Waals surface area contributed by atoms with E-state index in [1.807, 2.05) is 19.1 Å². The van der Waals surface area contributed by atoms with Crippen LogP contribution in [0.1, 0.15) is 31.8 Å². The molecule has 0 unspecified atom stereocenters. The molecule has 0 amide bonds. The van der Waals surface area contributed by atoms with Crippen LogP contribution in [-0.4, -0.2) is 36.0 Å². The number of methoxy groups -OCH3 is 2. The molecular weight excluding hydrogens is 700 g/mol. The van der Waals surface area contributed by atoms with Gasteiger partial charge in [-0.2, -0.15) is 0 Å². The average molecular weight is 725 g/mol. The predicted molar refractivity (Wildman–Crippen MR) is 166 cm³/mol. The van der Waals surface area contributed by atoms with Gasteiger partial charge < -0.3 is 20.5 Å². The van der Waals surface area contributed by atoms with Gasteiger partial charge in [0.05, 0.1) is 35.2 Å². The molecule has 0 aliphatic rings. The zero-order chi connectivity index (χ0) is 35.6. The Labute approximate surface area is 272 Å². The molecule has 47 heavy (non-hydrogen) atoms. The molecule has 0 fully saturated rings. The second-order valence-electron chi connectivity index (χ2n) is 9.06. The maximum atomic E-state index is 13.9. The van der Waals surface area contributed by atoms with E-state index in [1.165, 1.54) is 32.4 Å². The van der Waals surface area contributed by atoms with Crippen molar-refractivity contribution in [3.63, 3.8) is 0 Å². The molecule has 0 spiro atoms. The van der Waals surface area contributed by atoms with E-state index in [1.54, 1.807) is 13.0 Å². The summed E-state index contributed by atoms with van der Waals surface area (Å²) in [7, 11) is 2.58. The van der Waals surface area contributed by atoms with Crippen LogP contribution in [0.2, 0.25) is 0 Å². The summed E-state index contributed by atoms with van der Waals surface area (Å²) in [5.41, 5.74) is 4.61. The molecule has 0 aromatic heterocycles. The van der Waals surface area contributed by atoms with E-state index >= 15 is 0 Å². The first kappa shape index (κ1) is 37.6. The quantitative estimate of drug-likeness (QED) is 0.0658. The van der Waals surface area contributed by atoms with Crippen LogP contribution in [0.15, 0.2) is 65.1 Å². The molecule has 3 N–H and O–H groups in total. The van der Waals surface area contributed by atoms with Crippen molar-refractivity contribution in [2.45, 2.75) is 13.8 Å². The lowest BCUT2D eigenvalue weighted by atomic mass is 10.1. The number of benzene rings is 4. The van der Waals surface area contributed by atoms with E-state index in [0.717, 1.165) is 22.2 Å². The van der Waals surface area contributed by atoms with Gasteiger partial charge in [-0.3, -0.25) is 20.2 Å². The summed E-state index contributed by atoms with van der Waals surface area (Å²) >= 11 is 3.34. The Morgan fingerprint density at radius 1 is 0.745 bits per heavy atom. The number of esters is 2. The first-order chi connectivity index (χ1) is 22.1. The number of nitrogen functional groups attached to an aromatic ring is 1. The number of nitrogens with zero attached hydrogens (tertiary/aromatic N) is 2. The fraction of sp³-hybridized carbons (Fsp3) is 0.133. The van der Waals surface area contributed by atoms with Crippen molar-refractivity contribution < 1.29 is 46.5 Å². The first-order valence-electron chi connectivity index (χ1n) is 12.9. The second-order valence-corrected chi connectivity index (χ2v) is 9.92. The number of carbonyl (C=O) groups is 2. The van der Waals surface area contributed by atoms with E-state index in [4.69, 9.17) is 5.73 Å². The van der Waals surface area contributed by atoms with Crippen molar-refractivity contribution in [2.75, 3.05) is 25.3 Å². The van der Waals surface area contributed by atoms with Gasteiger partial charge in [0, 0.05) is 22.3 Å². The number of nitro benzene ring substituents is 2. The molecule has 0 radical (unpaired) electrons. The summed E-state index contributed by atoms with van der Waals surface area (Å²) in [5, 5.41) is 23.6. The lowest BCUT2D eigenvalue weighted by Gasteiger charge is -2.13. The van der Waals surface area contributed by atoms with E-state index in [2.05, 4.69) is 30.7 Å². The number of anilines is 3. The Bertz CT molecular complexity index is 1840. The number of nitrogens with two attached hydrogens (primary N) is 1. The Morgan fingerprint density at radius 2 is 1.21 bits per heavy atom. The van der Waals surface area contributed by atoms with Gasteiger partial charge in [0.25, 0.3) is 11.4 Å². The highest BCUT2D eigenvalue weighted by Crippen LogP contribution is 2.33. The molecule has 0 aliphatic carbocycles. The molecule has 12 nitrogen and oxygen atoms in total. The standard InChI is InChI=1S/C15H12F2N2O4.C9H9BrO2.C6H4F2N2O2/c1-8-9(15(20)23-2)4-3-5-11(8)18-14-12(19(21)22)7-6-10(16)13(14)17;1-6-7(9(11)12-2)4-3-5-8(6)10;7-3-1-2-4(10(11)12)6(9)5(3)8/h3-7,18H,1-2H3;3-5H,1-2H3;1-2H,9H2. The van der Waals surface area contributed by atoms with Crippen LogP contribution in [0.5, 0.6) is 0 Å². The van der Waals surface area contributed by atoms with Crippen LogP contribution in [0.3, 0.4) is 0 Å². The normalized spacial score (nSPS) is 9.98. The molecule has 4 aromatic carbocycles. The number of hydrogen-bond donors (Lipinski definition) is 2. The number of halogens is 5. The number of nitrogens with one attached hydrogen (secondary N) is 1. The molecule has 0 bridgehead atoms. The van der Waals surface area contributed by atoms with Crippen molar-refractivity contribution in [1.29, 1.82) is 0 Å². The molecule has 4 rings (SSSR count). The van der Waals surface area contributed by atoms with Crippen molar-refractivity contribution in [3.8, 4) is 0 Å². The first-order valence-corrected chi connectivity index (χ1v) is 13.6. The van der Waals surface area contributed by atoms with Crippen molar-refractivity contribution in [2.24, 2.45) is 0 Å². The van der Waals surface area contributed by atoms with E-state index in [0.29, 0.717) is 23.3 Å². The molecule has 0 saturated heterocycles. The summed E-state index contributed by atoms with van der Waals surface area (Å²) in [4.78, 5) is 42.2. The SMILES string of the molecule is COC(=O)c1cccc(Br)c1C.COC(=O)c1cccc(Nc2c([N+](=O)[O-])ccc(F)c2F)c1C.Nc1c([N+](=O)[O-])ccc(F)c1F. The van der Waals surface area contributed by atoms with Gasteiger partial charge in [-0.1, -0.05) is 28.1 Å². The van der Waals surface area contributed by atoms with Gasteiger partial charge in [0.15, 0.2) is 29.0 Å². The monoisotopic (exact) mass is 724 g/mol. The topological polar surface area (TPSA) is 177 Å². The Morgan fingerprint density at radius 3 is 1.72 bits per heavy atom. The molecule has 0 aliphatic heterocycles. The largest absolute Gasteiger partial charge is 0.465 e. The molecule has 17 heteroatoms. The van der Waals surface area contributed by atoms with Crippen LogP contribution in [0.25, 0.3) is 0 Å². The predicted octanol–water partition coefficient (Wildman–Crippen LogP) is 7.71. The van der Waals surface area contributed by atoms with Crippen molar-refractivity contribution >= 4 is 56.3 Å². The maximum Gasteiger partial charge on any atom is 0.338 e. The molecule has 0 heterocycles. The zero-order valence-electron chi connectivity index (χ0n) is 24.9. The van der Waals surface area contributed by atoms with Crippen LogP contribution in [0.4, 0.5) is 46.0 Å². The van der Waals surface area contributed by atoms with Gasteiger partial charge >= 0.3 is 11.9 Å². The molecule has 0 saturated carbocycles. The minimum Gasteiger partial charge on any atom is -0.465 e. The highest BCUT2D eigenvalue weighted by molar-refractivity contribution is 9.10. The van der Waals surface area contributed by atoms with Gasteiger partial charge in [-0.15, -0.1) is 0 Å². The summed E-state index contributed by atoms with van der Waals surface area (Å²) < 4.78 is 62.4. The number of hydrogen-bond acceptors (Lipinski definition) is 10. The van der Waals surface area contributed by atoms with Gasteiger partial charge in [0.1, 0.15) is 5.69 Å². The van der Waals surface area contributed by atoms with Crippen molar-refractivity contribution in [3.05, 3.63) is 131 Å². The fourth-order valence-corrected chi connectivity index (χ4v) is 4.07. The summed E-state index contributed by atoms with van der Waals surface area (Å²) in [6.07, 6.45) is 0. The highest BCUT2D eigenvalue weighted by atomic mass is 79.9. The number of carbonyl (C=O) groups excluding carboxylic acids is 2. The minimum absolute atomic E-state index is 0.206. The smallest absolute Gasteiger partial charge is 0.338 e. The lowest BCUT2D eigenvalue weighted by molar-refractivity contribution is -0.384. The number of rotatable bonds is 6. The van der Waals surface area contributed by atoms with E-state index in [-0.39, 0.29) is 17.2 Å². The second kappa shape index (κ2) is 16.6. The molecule has 4 aromatic rings. The van der Waals surface area contributed by atoms with E-state index < -0.39 is 61.8 Å². The third-order valence-electron chi connectivity index (χ3n) is 6.25. The Kier molecular flexibility index (Phi) is 13.3. The highest BCUT2D eigenvalue weighted by Gasteiger charge is 2.23. The molecule has 0 atom stereocenters. The summed E-state index contributed by atoms with van der Waals surface area (Å²) in [5.74, 6) is -6.08. The maximum absolute atomic E-state index is 13.9. The van der Waals surface area contributed by atoms with Crippen LogP contribution >= 0.6 is 15.9 Å². The van der Waals surface area contributed by atoms with Gasteiger partial charge in [-0.25, -0.2) is 27.2 Å². The molecular formula is C30H25BrF4N4O8. The Hall–Kier alpha value is -5.58. The fourth-order valence-electron chi connectivity index (χ4n) is 3.70. The van der Waals surface area contributed by atoms with Gasteiger partial charge in [-0.05, 0) is 61.4 Å². The summed E-state index contributed by atoms with van der Waals surface area (Å²) in [6.45, 7) is 3.42. The zero-order valence-corrected chi connectivity index (χ0v) is 26.5. The molecule has 248 valence electrons. The number of ether oxygens (including phenoxy) is 2. The minimum atomic E-state index is -1.38. The van der Waals surface area contributed by atoms with Gasteiger partial charge in [0.2, 0.25) is 0 Å². The van der Waals surface area contributed by atoms with Crippen LogP contribution < -0.4 is 11.1 Å². The third kappa shape index (κ3) is 9.23. The van der Waals surface area contributed by atoms with Crippen LogP contribution in [0, 0.1) is 57.3 Å². The Balaban J connectivity index is 0.000000270. The van der Waals surface area contributed by atoms with E-state index in [9.17, 15) is 47.4 Å². The average Bonchev–Trinajstić information content (AvgIpc) is 3.04. The van der Waals surface area contributed by atoms with Crippen molar-refractivity contribution in [1.82, 2.24) is 0 Å².